The van der Waals surface area contributed by atoms with Gasteiger partial charge in [0, 0.05) is 15.0 Å². The van der Waals surface area contributed by atoms with Crippen molar-refractivity contribution in [2.24, 2.45) is 0 Å². The van der Waals surface area contributed by atoms with E-state index in [0.717, 1.165) is 21.9 Å². The first-order valence-electron chi connectivity index (χ1n) is 5.56. The maximum absolute atomic E-state index is 5.07. The van der Waals surface area contributed by atoms with Crippen molar-refractivity contribution in [2.45, 2.75) is 19.4 Å². The Morgan fingerprint density at radius 2 is 2.24 bits per heavy atom. The van der Waals surface area contributed by atoms with Crippen molar-refractivity contribution < 1.29 is 4.74 Å². The Bertz CT molecular complexity index is 368. The summed E-state index contributed by atoms with van der Waals surface area (Å²) in [4.78, 5) is 0. The first-order valence-corrected chi connectivity index (χ1v) is 7.14. The number of benzene rings is 1. The molecule has 17 heavy (non-hydrogen) atoms. The van der Waals surface area contributed by atoms with Gasteiger partial charge in [-0.25, -0.2) is 0 Å². The fourth-order valence-electron chi connectivity index (χ4n) is 1.52. The van der Waals surface area contributed by atoms with E-state index in [4.69, 9.17) is 4.74 Å². The van der Waals surface area contributed by atoms with Gasteiger partial charge in [0.1, 0.15) is 0 Å². The SMILES string of the molecule is C=COCCCNC(C)c1ccc(Br)cc1Br. The second-order valence-electron chi connectivity index (χ2n) is 3.73. The molecule has 0 fully saturated rings. The third-order valence-corrected chi connectivity index (χ3v) is 3.62. The summed E-state index contributed by atoms with van der Waals surface area (Å²) in [5.74, 6) is 0. The highest BCUT2D eigenvalue weighted by Crippen LogP contribution is 2.26. The van der Waals surface area contributed by atoms with Crippen LogP contribution in [0.3, 0.4) is 0 Å². The molecule has 0 radical (unpaired) electrons. The predicted octanol–water partition coefficient (Wildman–Crippen LogP) is 4.41. The molecule has 0 aliphatic rings. The van der Waals surface area contributed by atoms with Crippen molar-refractivity contribution in [1.82, 2.24) is 5.32 Å². The molecule has 1 unspecified atom stereocenters. The zero-order valence-electron chi connectivity index (χ0n) is 9.88. The molecular formula is C13H17Br2NO. The molecule has 0 saturated heterocycles. The molecule has 94 valence electrons. The highest BCUT2D eigenvalue weighted by Gasteiger charge is 2.08. The van der Waals surface area contributed by atoms with E-state index < -0.39 is 0 Å². The molecular weight excluding hydrogens is 346 g/mol. The fraction of sp³-hybridized carbons (Fsp3) is 0.385. The summed E-state index contributed by atoms with van der Waals surface area (Å²) in [6, 6.07) is 6.56. The van der Waals surface area contributed by atoms with E-state index in [0.29, 0.717) is 12.6 Å². The molecule has 0 amide bonds. The number of hydrogen-bond acceptors (Lipinski definition) is 2. The van der Waals surface area contributed by atoms with Crippen molar-refractivity contribution in [1.29, 1.82) is 0 Å². The van der Waals surface area contributed by atoms with Crippen molar-refractivity contribution in [3.8, 4) is 0 Å². The second-order valence-corrected chi connectivity index (χ2v) is 5.50. The Hall–Kier alpha value is -0.320. The van der Waals surface area contributed by atoms with Crippen molar-refractivity contribution in [3.63, 3.8) is 0 Å². The monoisotopic (exact) mass is 361 g/mol. The highest BCUT2D eigenvalue weighted by atomic mass is 79.9. The Labute approximate surface area is 120 Å². The molecule has 0 spiro atoms. The van der Waals surface area contributed by atoms with Crippen LogP contribution in [0, 0.1) is 0 Å². The highest BCUT2D eigenvalue weighted by molar-refractivity contribution is 9.11. The fourth-order valence-corrected chi connectivity index (χ4v) is 2.91. The second kappa shape index (κ2) is 7.90. The molecule has 0 aromatic heterocycles. The van der Waals surface area contributed by atoms with E-state index in [1.54, 1.807) is 0 Å². The molecule has 1 rings (SSSR count). The quantitative estimate of drug-likeness (QED) is 0.572. The van der Waals surface area contributed by atoms with Crippen molar-refractivity contribution in [3.05, 3.63) is 45.5 Å². The minimum Gasteiger partial charge on any atom is -0.502 e. The lowest BCUT2D eigenvalue weighted by atomic mass is 10.1. The maximum atomic E-state index is 5.07. The molecule has 0 bridgehead atoms. The molecule has 2 nitrogen and oxygen atoms in total. The number of hydrogen-bond donors (Lipinski definition) is 1. The largest absolute Gasteiger partial charge is 0.502 e. The minimum absolute atomic E-state index is 0.321. The first-order chi connectivity index (χ1) is 8.15. The van der Waals surface area contributed by atoms with Gasteiger partial charge in [0.2, 0.25) is 0 Å². The van der Waals surface area contributed by atoms with Gasteiger partial charge in [0.25, 0.3) is 0 Å². The van der Waals surface area contributed by atoms with E-state index in [-0.39, 0.29) is 0 Å². The van der Waals surface area contributed by atoms with Gasteiger partial charge in [-0.1, -0.05) is 44.5 Å². The molecule has 1 N–H and O–H groups in total. The lowest BCUT2D eigenvalue weighted by molar-refractivity contribution is 0.243. The van der Waals surface area contributed by atoms with Crippen LogP contribution in [0.25, 0.3) is 0 Å². The Morgan fingerprint density at radius 1 is 1.47 bits per heavy atom. The topological polar surface area (TPSA) is 21.3 Å². The van der Waals surface area contributed by atoms with Gasteiger partial charge < -0.3 is 10.1 Å². The molecule has 0 aliphatic heterocycles. The minimum atomic E-state index is 0.321. The predicted molar refractivity (Wildman–Crippen MR) is 79.0 cm³/mol. The zero-order valence-corrected chi connectivity index (χ0v) is 13.1. The van der Waals surface area contributed by atoms with Gasteiger partial charge in [0.15, 0.2) is 0 Å². The summed E-state index contributed by atoms with van der Waals surface area (Å²) in [7, 11) is 0. The van der Waals surface area contributed by atoms with Crippen LogP contribution in [0.5, 0.6) is 0 Å². The van der Waals surface area contributed by atoms with E-state index in [2.05, 4.69) is 68.9 Å². The summed E-state index contributed by atoms with van der Waals surface area (Å²) < 4.78 is 7.27. The summed E-state index contributed by atoms with van der Waals surface area (Å²) >= 11 is 7.02. The Kier molecular flexibility index (Phi) is 6.85. The molecule has 0 aliphatic carbocycles. The molecule has 4 heteroatoms. The zero-order chi connectivity index (χ0) is 12.7. The van der Waals surface area contributed by atoms with Crippen LogP contribution in [0.1, 0.15) is 24.9 Å². The van der Waals surface area contributed by atoms with E-state index >= 15 is 0 Å². The average molecular weight is 363 g/mol. The molecule has 0 heterocycles. The summed E-state index contributed by atoms with van der Waals surface area (Å²) in [6.45, 7) is 7.30. The smallest absolute Gasteiger partial charge is 0.0885 e. The lowest BCUT2D eigenvalue weighted by Gasteiger charge is -2.16. The van der Waals surface area contributed by atoms with Crippen molar-refractivity contribution >= 4 is 31.9 Å². The van der Waals surface area contributed by atoms with Crippen LogP contribution in [0.15, 0.2) is 40.0 Å². The van der Waals surface area contributed by atoms with Crippen LogP contribution >= 0.6 is 31.9 Å². The summed E-state index contributed by atoms with van der Waals surface area (Å²) in [5, 5.41) is 3.46. The standard InChI is InChI=1S/C13H17Br2NO/c1-3-17-8-4-7-16-10(2)12-6-5-11(14)9-13(12)15/h3,5-6,9-10,16H,1,4,7-8H2,2H3. The summed E-state index contributed by atoms with van der Waals surface area (Å²) in [5.41, 5.74) is 1.26. The van der Waals surface area contributed by atoms with Crippen LogP contribution in [-0.4, -0.2) is 13.2 Å². The Balaban J connectivity index is 2.41. The van der Waals surface area contributed by atoms with Gasteiger partial charge in [-0.2, -0.15) is 0 Å². The van der Waals surface area contributed by atoms with Gasteiger partial charge in [-0.15, -0.1) is 0 Å². The number of halogens is 2. The van der Waals surface area contributed by atoms with E-state index in [1.165, 1.54) is 11.8 Å². The van der Waals surface area contributed by atoms with Crippen LogP contribution < -0.4 is 5.32 Å². The Morgan fingerprint density at radius 3 is 2.88 bits per heavy atom. The molecule has 1 aromatic carbocycles. The van der Waals surface area contributed by atoms with E-state index in [9.17, 15) is 0 Å². The van der Waals surface area contributed by atoms with Gasteiger partial charge in [-0.3, -0.25) is 0 Å². The molecule has 0 saturated carbocycles. The van der Waals surface area contributed by atoms with Crippen LogP contribution in [-0.2, 0) is 4.74 Å². The van der Waals surface area contributed by atoms with Gasteiger partial charge in [0.05, 0.1) is 12.9 Å². The van der Waals surface area contributed by atoms with Gasteiger partial charge in [-0.05, 0) is 37.6 Å². The number of nitrogens with one attached hydrogen (secondary N) is 1. The van der Waals surface area contributed by atoms with Crippen LogP contribution in [0.4, 0.5) is 0 Å². The maximum Gasteiger partial charge on any atom is 0.0885 e. The van der Waals surface area contributed by atoms with Crippen molar-refractivity contribution in [2.75, 3.05) is 13.2 Å². The van der Waals surface area contributed by atoms with E-state index in [1.807, 2.05) is 0 Å². The lowest BCUT2D eigenvalue weighted by Crippen LogP contribution is -2.21. The third-order valence-electron chi connectivity index (χ3n) is 2.44. The molecule has 1 aromatic rings. The third kappa shape index (κ3) is 5.23. The number of ether oxygens (including phenoxy) is 1. The number of rotatable bonds is 7. The summed E-state index contributed by atoms with van der Waals surface area (Å²) in [6.07, 6.45) is 2.46. The van der Waals surface area contributed by atoms with Gasteiger partial charge >= 0.3 is 0 Å². The van der Waals surface area contributed by atoms with Crippen LogP contribution in [0.2, 0.25) is 0 Å². The normalized spacial score (nSPS) is 12.2. The average Bonchev–Trinajstić information content (AvgIpc) is 2.28. The first kappa shape index (κ1) is 14.7. The molecule has 1 atom stereocenters.